The van der Waals surface area contributed by atoms with Crippen LogP contribution in [-0.2, 0) is 11.3 Å². The van der Waals surface area contributed by atoms with Crippen molar-refractivity contribution in [3.63, 3.8) is 0 Å². The van der Waals surface area contributed by atoms with E-state index in [0.717, 1.165) is 26.2 Å². The van der Waals surface area contributed by atoms with E-state index in [1.807, 2.05) is 10.9 Å². The second-order valence-electron chi connectivity index (χ2n) is 4.12. The molecule has 0 saturated carbocycles. The zero-order valence-electron chi connectivity index (χ0n) is 11.2. The molecule has 102 valence electrons. The first-order chi connectivity index (χ1) is 8.56. The number of amides is 1. The number of alkyl halides is 1. The first-order valence-electron chi connectivity index (χ1n) is 6.26. The van der Waals surface area contributed by atoms with Crippen LogP contribution in [0.1, 0.15) is 20.8 Å². The Morgan fingerprint density at radius 3 is 2.78 bits per heavy atom. The maximum atomic E-state index is 11.4. The van der Waals surface area contributed by atoms with Crippen molar-refractivity contribution in [2.45, 2.75) is 32.7 Å². The van der Waals surface area contributed by atoms with Crippen molar-refractivity contribution in [2.24, 2.45) is 0 Å². The normalized spacial score (nSPS) is 12.7. The smallest absolute Gasteiger partial charge is 0.242 e. The van der Waals surface area contributed by atoms with Gasteiger partial charge in [-0.2, -0.15) is 5.10 Å². The van der Waals surface area contributed by atoms with Gasteiger partial charge in [-0.3, -0.25) is 9.48 Å². The monoisotopic (exact) mass is 272 g/mol. The Labute approximate surface area is 113 Å². The highest BCUT2D eigenvalue weighted by Crippen LogP contribution is 2.07. The lowest BCUT2D eigenvalue weighted by Gasteiger charge is -2.17. The summed E-state index contributed by atoms with van der Waals surface area (Å²) in [5.41, 5.74) is 0.687. The number of carbonyl (C=O) groups is 1. The number of anilines is 1. The highest BCUT2D eigenvalue weighted by atomic mass is 35.5. The maximum absolute atomic E-state index is 11.4. The zero-order valence-corrected chi connectivity index (χ0v) is 11.9. The van der Waals surface area contributed by atoms with E-state index < -0.39 is 5.38 Å². The molecule has 0 saturated heterocycles. The van der Waals surface area contributed by atoms with Gasteiger partial charge in [0.1, 0.15) is 5.38 Å². The molecule has 5 nitrogen and oxygen atoms in total. The van der Waals surface area contributed by atoms with Gasteiger partial charge in [0.25, 0.3) is 0 Å². The van der Waals surface area contributed by atoms with Crippen molar-refractivity contribution in [1.29, 1.82) is 0 Å². The van der Waals surface area contributed by atoms with E-state index in [-0.39, 0.29) is 5.91 Å². The van der Waals surface area contributed by atoms with Crippen LogP contribution in [0.15, 0.2) is 12.4 Å². The quantitative estimate of drug-likeness (QED) is 0.770. The van der Waals surface area contributed by atoms with E-state index in [0.29, 0.717) is 5.69 Å². The molecule has 1 aromatic rings. The fourth-order valence-electron chi connectivity index (χ4n) is 1.58. The number of nitrogens with one attached hydrogen (secondary N) is 1. The Morgan fingerprint density at radius 2 is 2.22 bits per heavy atom. The Kier molecular flexibility index (Phi) is 6.15. The third kappa shape index (κ3) is 4.66. The first-order valence-corrected chi connectivity index (χ1v) is 6.70. The van der Waals surface area contributed by atoms with Crippen molar-refractivity contribution in [3.05, 3.63) is 12.4 Å². The third-order valence-corrected chi connectivity index (χ3v) is 3.00. The topological polar surface area (TPSA) is 50.2 Å². The van der Waals surface area contributed by atoms with Gasteiger partial charge in [-0.1, -0.05) is 13.8 Å². The fraction of sp³-hybridized carbons (Fsp3) is 0.667. The second kappa shape index (κ2) is 7.38. The molecule has 1 atom stereocenters. The predicted octanol–water partition coefficient (Wildman–Crippen LogP) is 1.79. The average Bonchev–Trinajstić information content (AvgIpc) is 2.78. The van der Waals surface area contributed by atoms with Crippen molar-refractivity contribution < 1.29 is 4.79 Å². The fourth-order valence-corrected chi connectivity index (χ4v) is 1.63. The van der Waals surface area contributed by atoms with Crippen LogP contribution in [0.5, 0.6) is 0 Å². The molecule has 1 heterocycles. The molecule has 0 radical (unpaired) electrons. The van der Waals surface area contributed by atoms with Crippen LogP contribution in [0.25, 0.3) is 0 Å². The van der Waals surface area contributed by atoms with E-state index >= 15 is 0 Å². The molecule has 0 fully saturated rings. The molecule has 0 spiro atoms. The summed E-state index contributed by atoms with van der Waals surface area (Å²) >= 11 is 5.68. The molecule has 0 aliphatic rings. The van der Waals surface area contributed by atoms with Crippen molar-refractivity contribution in [1.82, 2.24) is 14.7 Å². The van der Waals surface area contributed by atoms with E-state index in [4.69, 9.17) is 11.6 Å². The summed E-state index contributed by atoms with van der Waals surface area (Å²) in [4.78, 5) is 13.7. The minimum atomic E-state index is -0.538. The number of likely N-dealkylation sites (N-methyl/N-ethyl adjacent to an activating group) is 1. The van der Waals surface area contributed by atoms with Crippen LogP contribution in [0.2, 0.25) is 0 Å². The number of rotatable bonds is 7. The molecule has 1 rings (SSSR count). The minimum absolute atomic E-state index is 0.208. The summed E-state index contributed by atoms with van der Waals surface area (Å²) in [6.45, 7) is 9.75. The van der Waals surface area contributed by atoms with Crippen LogP contribution >= 0.6 is 11.6 Å². The molecule has 0 aromatic carbocycles. The molecule has 6 heteroatoms. The molecule has 18 heavy (non-hydrogen) atoms. The Balaban J connectivity index is 2.45. The van der Waals surface area contributed by atoms with Gasteiger partial charge < -0.3 is 10.2 Å². The van der Waals surface area contributed by atoms with E-state index in [9.17, 15) is 4.79 Å². The summed E-state index contributed by atoms with van der Waals surface area (Å²) < 4.78 is 1.83. The highest BCUT2D eigenvalue weighted by Gasteiger charge is 2.10. The predicted molar refractivity (Wildman–Crippen MR) is 74.0 cm³/mol. The molecule has 0 bridgehead atoms. The molecule has 0 aliphatic carbocycles. The second-order valence-corrected chi connectivity index (χ2v) is 4.78. The largest absolute Gasteiger partial charge is 0.322 e. The molecular weight excluding hydrogens is 252 g/mol. The number of nitrogens with zero attached hydrogens (tertiary/aromatic N) is 3. The van der Waals surface area contributed by atoms with Crippen molar-refractivity contribution in [3.8, 4) is 0 Å². The number of aromatic nitrogens is 2. The van der Waals surface area contributed by atoms with E-state index in [1.165, 1.54) is 0 Å². The Hall–Kier alpha value is -1.07. The Morgan fingerprint density at radius 1 is 1.56 bits per heavy atom. The SMILES string of the molecule is CCN(CC)CCn1cc(NC(=O)C(C)Cl)cn1. The van der Waals surface area contributed by atoms with E-state index in [1.54, 1.807) is 13.1 Å². The van der Waals surface area contributed by atoms with Gasteiger partial charge in [0, 0.05) is 12.7 Å². The standard InChI is InChI=1S/C12H21ClN4O/c1-4-16(5-2)6-7-17-9-11(8-14-17)15-12(18)10(3)13/h8-10H,4-7H2,1-3H3,(H,15,18). The molecule has 1 N–H and O–H groups in total. The van der Waals surface area contributed by atoms with Gasteiger partial charge in [-0.05, 0) is 20.0 Å². The van der Waals surface area contributed by atoms with E-state index in [2.05, 4.69) is 29.2 Å². The number of halogens is 1. The summed E-state index contributed by atoms with van der Waals surface area (Å²) in [6.07, 6.45) is 3.46. The van der Waals surface area contributed by atoms with Crippen LogP contribution in [0.3, 0.4) is 0 Å². The first kappa shape index (κ1) is 15.0. The summed E-state index contributed by atoms with van der Waals surface area (Å²) in [5.74, 6) is -0.208. The highest BCUT2D eigenvalue weighted by molar-refractivity contribution is 6.32. The van der Waals surface area contributed by atoms with Gasteiger partial charge in [0.2, 0.25) is 5.91 Å². The zero-order chi connectivity index (χ0) is 13.5. The Bertz CT molecular complexity index is 374. The van der Waals surface area contributed by atoms with Crippen LogP contribution in [-0.4, -0.2) is 45.6 Å². The van der Waals surface area contributed by atoms with Gasteiger partial charge >= 0.3 is 0 Å². The lowest BCUT2D eigenvalue weighted by molar-refractivity contribution is -0.115. The number of carbonyl (C=O) groups excluding carboxylic acids is 1. The van der Waals surface area contributed by atoms with Crippen LogP contribution < -0.4 is 5.32 Å². The number of hydrogen-bond acceptors (Lipinski definition) is 3. The number of hydrogen-bond donors (Lipinski definition) is 1. The minimum Gasteiger partial charge on any atom is -0.322 e. The van der Waals surface area contributed by atoms with Gasteiger partial charge in [0.15, 0.2) is 0 Å². The summed E-state index contributed by atoms with van der Waals surface area (Å²) in [6, 6.07) is 0. The lowest BCUT2D eigenvalue weighted by atomic mass is 10.4. The van der Waals surface area contributed by atoms with Crippen LogP contribution in [0.4, 0.5) is 5.69 Å². The average molecular weight is 273 g/mol. The van der Waals surface area contributed by atoms with Crippen LogP contribution in [0, 0.1) is 0 Å². The maximum Gasteiger partial charge on any atom is 0.242 e. The lowest BCUT2D eigenvalue weighted by Crippen LogP contribution is -2.27. The summed E-state index contributed by atoms with van der Waals surface area (Å²) in [7, 11) is 0. The molecular formula is C12H21ClN4O. The van der Waals surface area contributed by atoms with Crippen molar-refractivity contribution in [2.75, 3.05) is 25.0 Å². The molecule has 1 unspecified atom stereocenters. The van der Waals surface area contributed by atoms with Crippen molar-refractivity contribution >= 4 is 23.2 Å². The summed E-state index contributed by atoms with van der Waals surface area (Å²) in [5, 5.41) is 6.37. The van der Waals surface area contributed by atoms with Gasteiger partial charge in [0.05, 0.1) is 18.4 Å². The molecule has 1 aromatic heterocycles. The van der Waals surface area contributed by atoms with Gasteiger partial charge in [-0.15, -0.1) is 11.6 Å². The molecule has 1 amide bonds. The van der Waals surface area contributed by atoms with Gasteiger partial charge in [-0.25, -0.2) is 0 Å². The third-order valence-electron chi connectivity index (χ3n) is 2.80. The molecule has 0 aliphatic heterocycles.